The molecular weight excluding hydrogens is 346 g/mol. The molecule has 0 saturated heterocycles. The normalized spacial score (nSPS) is 10.2. The van der Waals surface area contributed by atoms with Gasteiger partial charge in [-0.2, -0.15) is 0 Å². The fraction of sp³-hybridized carbons (Fsp3) is 0.0769. The van der Waals surface area contributed by atoms with Gasteiger partial charge in [0, 0.05) is 11.9 Å². The topological polar surface area (TPSA) is 42.0 Å². The van der Waals surface area contributed by atoms with Crippen LogP contribution in [-0.4, -0.2) is 10.9 Å². The molecule has 0 unspecified atom stereocenters. The highest BCUT2D eigenvalue weighted by atomic mass is 127. The Hall–Kier alpha value is -1.50. The Labute approximate surface area is 118 Å². The van der Waals surface area contributed by atoms with Crippen molar-refractivity contribution >= 4 is 34.2 Å². The summed E-state index contributed by atoms with van der Waals surface area (Å²) in [4.78, 5) is 16.1. The lowest BCUT2D eigenvalue weighted by molar-refractivity contribution is 0.102. The summed E-state index contributed by atoms with van der Waals surface area (Å²) < 4.78 is 13.7. The van der Waals surface area contributed by atoms with Crippen molar-refractivity contribution in [3.8, 4) is 0 Å². The molecule has 0 radical (unpaired) electrons. The zero-order valence-corrected chi connectivity index (χ0v) is 11.7. The van der Waals surface area contributed by atoms with Gasteiger partial charge in [0.25, 0.3) is 5.91 Å². The first-order valence-electron chi connectivity index (χ1n) is 5.26. The average molecular weight is 356 g/mol. The van der Waals surface area contributed by atoms with Gasteiger partial charge in [-0.05, 0) is 53.8 Å². The van der Waals surface area contributed by atoms with Crippen LogP contribution in [0.5, 0.6) is 0 Å². The highest BCUT2D eigenvalue weighted by Gasteiger charge is 2.12. The number of carbonyl (C=O) groups excluding carboxylic acids is 1. The second kappa shape index (κ2) is 5.43. The molecule has 1 N–H and O–H groups in total. The Bertz CT molecular complexity index is 601. The van der Waals surface area contributed by atoms with Crippen LogP contribution < -0.4 is 5.32 Å². The fourth-order valence-electron chi connectivity index (χ4n) is 1.51. The molecule has 0 spiro atoms. The summed E-state index contributed by atoms with van der Waals surface area (Å²) in [6, 6.07) is 7.95. The maximum absolute atomic E-state index is 13.3. The number of hydrogen-bond acceptors (Lipinski definition) is 2. The zero-order chi connectivity index (χ0) is 13.1. The minimum absolute atomic E-state index is 0.288. The summed E-state index contributed by atoms with van der Waals surface area (Å²) in [5, 5.41) is 2.68. The van der Waals surface area contributed by atoms with Crippen molar-refractivity contribution in [2.45, 2.75) is 6.92 Å². The Morgan fingerprint density at radius 3 is 2.83 bits per heavy atom. The molecule has 1 aromatic carbocycles. The molecule has 0 aliphatic carbocycles. The predicted molar refractivity (Wildman–Crippen MR) is 76.0 cm³/mol. The van der Waals surface area contributed by atoms with Gasteiger partial charge < -0.3 is 5.32 Å². The number of hydrogen-bond donors (Lipinski definition) is 1. The smallest absolute Gasteiger partial charge is 0.257 e. The van der Waals surface area contributed by atoms with Crippen molar-refractivity contribution in [1.29, 1.82) is 0 Å². The van der Waals surface area contributed by atoms with Gasteiger partial charge in [0.15, 0.2) is 0 Å². The van der Waals surface area contributed by atoms with E-state index < -0.39 is 0 Å². The minimum Gasteiger partial charge on any atom is -0.321 e. The molecule has 1 heterocycles. The summed E-state index contributed by atoms with van der Waals surface area (Å²) in [7, 11) is 0. The predicted octanol–water partition coefficient (Wildman–Crippen LogP) is 3.39. The van der Waals surface area contributed by atoms with Gasteiger partial charge in [0.2, 0.25) is 0 Å². The van der Waals surface area contributed by atoms with Gasteiger partial charge in [-0.3, -0.25) is 9.78 Å². The molecule has 18 heavy (non-hydrogen) atoms. The van der Waals surface area contributed by atoms with Crippen LogP contribution in [0.4, 0.5) is 10.1 Å². The summed E-state index contributed by atoms with van der Waals surface area (Å²) in [6.07, 6.45) is 1.62. The summed E-state index contributed by atoms with van der Waals surface area (Å²) >= 11 is 1.86. The Balaban J connectivity index is 2.27. The number of aryl methyl sites for hydroxylation is 1. The van der Waals surface area contributed by atoms with Crippen molar-refractivity contribution in [1.82, 2.24) is 4.98 Å². The van der Waals surface area contributed by atoms with E-state index in [1.54, 1.807) is 37.4 Å². The third-order valence-electron chi connectivity index (χ3n) is 2.45. The monoisotopic (exact) mass is 356 g/mol. The van der Waals surface area contributed by atoms with Crippen LogP contribution in [0.2, 0.25) is 0 Å². The van der Waals surface area contributed by atoms with Gasteiger partial charge in [-0.1, -0.05) is 6.07 Å². The van der Waals surface area contributed by atoms with Gasteiger partial charge >= 0.3 is 0 Å². The zero-order valence-electron chi connectivity index (χ0n) is 9.58. The maximum Gasteiger partial charge on any atom is 0.257 e. The molecule has 2 rings (SSSR count). The molecule has 0 aliphatic heterocycles. The third-order valence-corrected chi connectivity index (χ3v) is 3.55. The molecule has 1 aromatic heterocycles. The van der Waals surface area contributed by atoms with Crippen molar-refractivity contribution in [3.63, 3.8) is 0 Å². The number of pyridine rings is 1. The van der Waals surface area contributed by atoms with E-state index in [9.17, 15) is 9.18 Å². The van der Waals surface area contributed by atoms with Gasteiger partial charge in [-0.25, -0.2) is 4.39 Å². The summed E-state index contributed by atoms with van der Waals surface area (Å²) in [6.45, 7) is 1.76. The first kappa shape index (κ1) is 12.9. The van der Waals surface area contributed by atoms with Crippen molar-refractivity contribution < 1.29 is 9.18 Å². The molecule has 0 atom stereocenters. The van der Waals surface area contributed by atoms with E-state index in [4.69, 9.17) is 0 Å². The van der Waals surface area contributed by atoms with Gasteiger partial charge in [-0.15, -0.1) is 0 Å². The lowest BCUT2D eigenvalue weighted by Crippen LogP contribution is -2.15. The standard InChI is InChI=1S/C13H10FIN2O/c1-8-9(4-3-7-16-8)13(18)17-11-6-2-5-10(14)12(11)15/h2-7H,1H3,(H,17,18). The number of benzene rings is 1. The largest absolute Gasteiger partial charge is 0.321 e. The molecule has 1 amide bonds. The Morgan fingerprint density at radius 2 is 2.11 bits per heavy atom. The Kier molecular flexibility index (Phi) is 3.90. The number of aromatic nitrogens is 1. The SMILES string of the molecule is Cc1ncccc1C(=O)Nc1cccc(F)c1I. The lowest BCUT2D eigenvalue weighted by Gasteiger charge is -2.09. The first-order chi connectivity index (χ1) is 8.59. The van der Waals surface area contributed by atoms with Crippen LogP contribution in [0.25, 0.3) is 0 Å². The number of rotatable bonds is 2. The van der Waals surface area contributed by atoms with E-state index in [0.717, 1.165) is 0 Å². The van der Waals surface area contributed by atoms with Crippen molar-refractivity contribution in [3.05, 3.63) is 57.2 Å². The van der Waals surface area contributed by atoms with Crippen LogP contribution in [0.3, 0.4) is 0 Å². The second-order valence-corrected chi connectivity index (χ2v) is 4.77. The first-order valence-corrected chi connectivity index (χ1v) is 6.34. The maximum atomic E-state index is 13.3. The highest BCUT2D eigenvalue weighted by Crippen LogP contribution is 2.21. The Morgan fingerprint density at radius 1 is 1.33 bits per heavy atom. The van der Waals surface area contributed by atoms with Crippen LogP contribution in [-0.2, 0) is 0 Å². The summed E-state index contributed by atoms with van der Waals surface area (Å²) in [5.74, 6) is -0.638. The molecule has 92 valence electrons. The number of anilines is 1. The van der Waals surface area contributed by atoms with Crippen molar-refractivity contribution in [2.24, 2.45) is 0 Å². The number of nitrogens with zero attached hydrogens (tertiary/aromatic N) is 1. The van der Waals surface area contributed by atoms with E-state index >= 15 is 0 Å². The van der Waals surface area contributed by atoms with E-state index in [0.29, 0.717) is 20.5 Å². The molecule has 0 aliphatic rings. The molecule has 2 aromatic rings. The van der Waals surface area contributed by atoms with Crippen molar-refractivity contribution in [2.75, 3.05) is 5.32 Å². The quantitative estimate of drug-likeness (QED) is 0.839. The highest BCUT2D eigenvalue weighted by molar-refractivity contribution is 14.1. The second-order valence-electron chi connectivity index (χ2n) is 3.69. The number of nitrogens with one attached hydrogen (secondary N) is 1. The molecule has 0 fully saturated rings. The molecule has 3 nitrogen and oxygen atoms in total. The van der Waals surface area contributed by atoms with E-state index in [2.05, 4.69) is 10.3 Å². The van der Waals surface area contributed by atoms with Crippen LogP contribution in [0, 0.1) is 16.3 Å². The van der Waals surface area contributed by atoms with E-state index in [-0.39, 0.29) is 11.7 Å². The molecule has 5 heteroatoms. The van der Waals surface area contributed by atoms with E-state index in [1.165, 1.54) is 6.07 Å². The molecule has 0 saturated carbocycles. The third kappa shape index (κ3) is 2.66. The fourth-order valence-corrected chi connectivity index (χ4v) is 2.01. The van der Waals surface area contributed by atoms with Gasteiger partial charge in [0.05, 0.1) is 14.8 Å². The minimum atomic E-state index is -0.351. The number of amides is 1. The van der Waals surface area contributed by atoms with Crippen LogP contribution in [0.15, 0.2) is 36.5 Å². The summed E-state index contributed by atoms with van der Waals surface area (Å²) in [5.41, 5.74) is 1.59. The van der Waals surface area contributed by atoms with Gasteiger partial charge in [0.1, 0.15) is 5.82 Å². The van der Waals surface area contributed by atoms with E-state index in [1.807, 2.05) is 22.6 Å². The molecule has 0 bridgehead atoms. The molecular formula is C13H10FIN2O. The average Bonchev–Trinajstić information content (AvgIpc) is 2.35. The van der Waals surface area contributed by atoms with Crippen LogP contribution >= 0.6 is 22.6 Å². The number of carbonyl (C=O) groups is 1. The van der Waals surface area contributed by atoms with Crippen LogP contribution in [0.1, 0.15) is 16.1 Å². The lowest BCUT2D eigenvalue weighted by atomic mass is 10.2. The number of halogens is 2.